The number of Topliss-reactive ketones (excluding diaryl/α,β-unsaturated/α-hetero) is 1. The first-order valence-electron chi connectivity index (χ1n) is 12.6. The highest BCUT2D eigenvalue weighted by atomic mass is 16.5. The summed E-state index contributed by atoms with van der Waals surface area (Å²) >= 11 is 0. The molecule has 0 spiro atoms. The van der Waals surface area contributed by atoms with Crippen LogP contribution in [0.3, 0.4) is 0 Å². The van der Waals surface area contributed by atoms with Gasteiger partial charge >= 0.3 is 0 Å². The number of aromatic nitrogens is 2. The van der Waals surface area contributed by atoms with Crippen LogP contribution < -0.4 is 9.64 Å². The lowest BCUT2D eigenvalue weighted by Crippen LogP contribution is -2.44. The molecule has 2 heterocycles. The maximum absolute atomic E-state index is 13.2. The van der Waals surface area contributed by atoms with Gasteiger partial charge in [0, 0.05) is 50.7 Å². The monoisotopic (exact) mass is 496 g/mol. The Morgan fingerprint density at radius 3 is 2.32 bits per heavy atom. The number of carbonyl (C=O) groups is 1. The molecule has 37 heavy (non-hydrogen) atoms. The average molecular weight is 497 g/mol. The van der Waals surface area contributed by atoms with Crippen LogP contribution in [0.25, 0.3) is 22.5 Å². The first kappa shape index (κ1) is 24.7. The molecule has 0 N–H and O–H groups in total. The molecule has 3 aromatic carbocycles. The number of rotatable bonds is 7. The normalized spacial score (nSPS) is 14.1. The van der Waals surface area contributed by atoms with Crippen molar-refractivity contribution in [1.29, 1.82) is 0 Å². The maximum Gasteiger partial charge on any atom is 0.223 e. The van der Waals surface area contributed by atoms with E-state index in [0.29, 0.717) is 23.7 Å². The summed E-state index contributed by atoms with van der Waals surface area (Å²) in [6.45, 7) is 7.68. The summed E-state index contributed by atoms with van der Waals surface area (Å²) in [6.07, 6.45) is 0.351. The molecule has 7 heteroatoms. The number of nitrogens with zero attached hydrogens (tertiary/aromatic N) is 4. The van der Waals surface area contributed by atoms with Crippen molar-refractivity contribution >= 4 is 11.5 Å². The number of hydrogen-bond acceptors (Lipinski definition) is 7. The zero-order valence-electron chi connectivity index (χ0n) is 21.8. The summed E-state index contributed by atoms with van der Waals surface area (Å²) < 4.78 is 10.7. The molecular formula is C30H32N4O3. The molecule has 1 aliphatic rings. The fraction of sp³-hybridized carbons (Fsp3) is 0.300. The Labute approximate surface area is 217 Å². The third-order valence-electron chi connectivity index (χ3n) is 6.99. The summed E-state index contributed by atoms with van der Waals surface area (Å²) in [5.41, 5.74) is 6.98. The van der Waals surface area contributed by atoms with E-state index in [2.05, 4.69) is 58.2 Å². The first-order chi connectivity index (χ1) is 17.9. The van der Waals surface area contributed by atoms with Crippen molar-refractivity contribution in [3.63, 3.8) is 0 Å². The molecule has 0 bridgehead atoms. The van der Waals surface area contributed by atoms with Crippen molar-refractivity contribution in [2.24, 2.45) is 0 Å². The Morgan fingerprint density at radius 1 is 0.946 bits per heavy atom. The van der Waals surface area contributed by atoms with Crippen LogP contribution in [-0.2, 0) is 6.42 Å². The van der Waals surface area contributed by atoms with Gasteiger partial charge in [-0.1, -0.05) is 41.6 Å². The number of ketones is 1. The molecule has 1 fully saturated rings. The van der Waals surface area contributed by atoms with Crippen molar-refractivity contribution in [2.45, 2.75) is 20.3 Å². The number of carbonyl (C=O) groups excluding carboxylic acids is 1. The van der Waals surface area contributed by atoms with Crippen molar-refractivity contribution < 1.29 is 14.1 Å². The Bertz CT molecular complexity index is 1400. The average Bonchev–Trinajstić information content (AvgIpc) is 3.35. The number of anilines is 1. The van der Waals surface area contributed by atoms with Gasteiger partial charge in [0.2, 0.25) is 11.7 Å². The number of piperazine rings is 1. The van der Waals surface area contributed by atoms with E-state index in [0.717, 1.165) is 65.4 Å². The van der Waals surface area contributed by atoms with Crippen LogP contribution in [-0.4, -0.2) is 61.2 Å². The number of hydrogen-bond donors (Lipinski definition) is 0. The second-order valence-electron chi connectivity index (χ2n) is 9.64. The van der Waals surface area contributed by atoms with E-state index in [1.165, 1.54) is 0 Å². The smallest absolute Gasteiger partial charge is 0.223 e. The molecule has 0 radical (unpaired) electrons. The Kier molecular flexibility index (Phi) is 7.06. The van der Waals surface area contributed by atoms with Gasteiger partial charge in [-0.3, -0.25) is 4.79 Å². The lowest BCUT2D eigenvalue weighted by Gasteiger charge is -2.34. The van der Waals surface area contributed by atoms with Gasteiger partial charge in [-0.2, -0.15) is 4.98 Å². The lowest BCUT2D eigenvalue weighted by molar-refractivity contribution is 0.0993. The molecule has 0 saturated carbocycles. The van der Waals surface area contributed by atoms with E-state index in [4.69, 9.17) is 9.26 Å². The minimum absolute atomic E-state index is 0.0988. The summed E-state index contributed by atoms with van der Waals surface area (Å²) in [4.78, 5) is 22.1. The van der Waals surface area contributed by atoms with Crippen molar-refractivity contribution in [2.75, 3.05) is 45.2 Å². The highest BCUT2D eigenvalue weighted by Crippen LogP contribution is 2.31. The number of ether oxygens (including phenoxy) is 1. The molecule has 0 atom stereocenters. The molecule has 1 aliphatic heterocycles. The number of benzene rings is 3. The van der Waals surface area contributed by atoms with Gasteiger partial charge < -0.3 is 19.1 Å². The van der Waals surface area contributed by atoms with Crippen molar-refractivity contribution in [1.82, 2.24) is 15.0 Å². The van der Waals surface area contributed by atoms with Crippen molar-refractivity contribution in [3.05, 3.63) is 83.2 Å². The number of aryl methyl sites for hydroxylation is 2. The quantitative estimate of drug-likeness (QED) is 0.325. The molecule has 1 saturated heterocycles. The third kappa shape index (κ3) is 5.42. The highest BCUT2D eigenvalue weighted by molar-refractivity contribution is 5.98. The Hall–Kier alpha value is -3.97. The zero-order chi connectivity index (χ0) is 25.9. The van der Waals surface area contributed by atoms with Gasteiger partial charge in [0.25, 0.3) is 0 Å². The predicted octanol–water partition coefficient (Wildman–Crippen LogP) is 5.21. The van der Waals surface area contributed by atoms with Gasteiger partial charge in [-0.05, 0) is 60.5 Å². The van der Waals surface area contributed by atoms with Crippen LogP contribution in [0.4, 0.5) is 5.69 Å². The minimum Gasteiger partial charge on any atom is -0.495 e. The summed E-state index contributed by atoms with van der Waals surface area (Å²) in [5, 5.41) is 4.01. The van der Waals surface area contributed by atoms with E-state index >= 15 is 0 Å². The van der Waals surface area contributed by atoms with Gasteiger partial charge in [-0.15, -0.1) is 0 Å². The van der Waals surface area contributed by atoms with Crippen molar-refractivity contribution in [3.8, 4) is 28.3 Å². The largest absolute Gasteiger partial charge is 0.495 e. The van der Waals surface area contributed by atoms with Crippen LogP contribution >= 0.6 is 0 Å². The second kappa shape index (κ2) is 10.6. The van der Waals surface area contributed by atoms with E-state index in [1.54, 1.807) is 14.0 Å². The summed E-state index contributed by atoms with van der Waals surface area (Å²) in [6, 6.07) is 20.1. The second-order valence-corrected chi connectivity index (χ2v) is 9.64. The Morgan fingerprint density at radius 2 is 1.68 bits per heavy atom. The molecule has 0 amide bonds. The van der Waals surface area contributed by atoms with E-state index < -0.39 is 0 Å². The van der Waals surface area contributed by atoms with E-state index in [-0.39, 0.29) is 5.78 Å². The standard InChI is InChI=1S/C30H32N4O3/c1-20-17-25(30-31-21(2)37-32-30)9-11-26(20)23-7-5-22(6-8-23)18-28(35)24-10-12-29(36-4)27(19-24)34-15-13-33(3)14-16-34/h5-12,17,19H,13-16,18H2,1-4H3. The van der Waals surface area contributed by atoms with Crippen LogP contribution in [0.2, 0.25) is 0 Å². The van der Waals surface area contributed by atoms with Crippen LogP contribution in [0.5, 0.6) is 5.75 Å². The molecule has 7 nitrogen and oxygen atoms in total. The topological polar surface area (TPSA) is 71.7 Å². The number of methoxy groups -OCH3 is 1. The van der Waals surface area contributed by atoms with Crippen LogP contribution in [0.1, 0.15) is 27.4 Å². The van der Waals surface area contributed by atoms with Gasteiger partial charge in [-0.25, -0.2) is 0 Å². The van der Waals surface area contributed by atoms with Crippen LogP contribution in [0, 0.1) is 13.8 Å². The molecule has 0 aliphatic carbocycles. The Balaban J connectivity index is 1.30. The molecular weight excluding hydrogens is 464 g/mol. The van der Waals surface area contributed by atoms with Gasteiger partial charge in [0.05, 0.1) is 12.8 Å². The summed E-state index contributed by atoms with van der Waals surface area (Å²) in [7, 11) is 3.81. The molecule has 5 rings (SSSR count). The molecule has 4 aromatic rings. The minimum atomic E-state index is 0.0988. The molecule has 1 aromatic heterocycles. The first-order valence-corrected chi connectivity index (χ1v) is 12.6. The van der Waals surface area contributed by atoms with Gasteiger partial charge in [0.1, 0.15) is 5.75 Å². The predicted molar refractivity (Wildman–Crippen MR) is 145 cm³/mol. The summed E-state index contributed by atoms with van der Waals surface area (Å²) in [5.74, 6) is 2.05. The fourth-order valence-electron chi connectivity index (χ4n) is 4.79. The van der Waals surface area contributed by atoms with E-state index in [1.807, 2.05) is 36.4 Å². The SMILES string of the molecule is COc1ccc(C(=O)Cc2ccc(-c3ccc(-c4noc(C)n4)cc3C)cc2)cc1N1CCN(C)CC1. The third-order valence-corrected chi connectivity index (χ3v) is 6.99. The number of likely N-dealkylation sites (N-methyl/N-ethyl adjacent to an activating group) is 1. The maximum atomic E-state index is 13.2. The van der Waals surface area contributed by atoms with Crippen LogP contribution in [0.15, 0.2) is 65.2 Å². The fourth-order valence-corrected chi connectivity index (χ4v) is 4.79. The lowest BCUT2D eigenvalue weighted by atomic mass is 9.96. The molecule has 190 valence electrons. The molecule has 0 unspecified atom stereocenters. The van der Waals surface area contributed by atoms with Gasteiger partial charge in [0.15, 0.2) is 5.78 Å². The highest BCUT2D eigenvalue weighted by Gasteiger charge is 2.20. The van der Waals surface area contributed by atoms with E-state index in [9.17, 15) is 4.79 Å². The zero-order valence-corrected chi connectivity index (χ0v) is 21.8.